The van der Waals surface area contributed by atoms with Gasteiger partial charge in [0.15, 0.2) is 5.76 Å². The first-order valence-electron chi connectivity index (χ1n) is 9.61. The Balaban J connectivity index is 1.52. The molecule has 7 nitrogen and oxygen atoms in total. The van der Waals surface area contributed by atoms with Crippen LogP contribution in [0.15, 0.2) is 40.8 Å². The molecule has 8 heteroatoms. The van der Waals surface area contributed by atoms with Crippen LogP contribution in [0.2, 0.25) is 0 Å². The molecule has 2 amide bonds. The van der Waals surface area contributed by atoms with Gasteiger partial charge >= 0.3 is 0 Å². The van der Waals surface area contributed by atoms with Gasteiger partial charge < -0.3 is 19.0 Å². The highest BCUT2D eigenvalue weighted by molar-refractivity contribution is 5.91. The van der Waals surface area contributed by atoms with Gasteiger partial charge in [0.05, 0.1) is 6.54 Å². The zero-order valence-electron chi connectivity index (χ0n) is 16.8. The number of furan rings is 1. The first-order valence-corrected chi connectivity index (χ1v) is 9.61. The van der Waals surface area contributed by atoms with Gasteiger partial charge in [0.1, 0.15) is 23.9 Å². The maximum absolute atomic E-state index is 12.9. The smallest absolute Gasteiger partial charge is 0.289 e. The van der Waals surface area contributed by atoms with Gasteiger partial charge in [0, 0.05) is 40.3 Å². The van der Waals surface area contributed by atoms with Crippen molar-refractivity contribution in [1.29, 1.82) is 0 Å². The fourth-order valence-electron chi connectivity index (χ4n) is 3.08. The van der Waals surface area contributed by atoms with Crippen LogP contribution in [0.5, 0.6) is 5.75 Å². The minimum Gasteiger partial charge on any atom is -0.486 e. The molecule has 2 aromatic rings. The predicted molar refractivity (Wildman–Crippen MR) is 105 cm³/mol. The van der Waals surface area contributed by atoms with E-state index in [1.807, 2.05) is 0 Å². The molecule has 0 unspecified atom stereocenters. The number of amides is 2. The van der Waals surface area contributed by atoms with Crippen LogP contribution in [0.3, 0.4) is 0 Å². The summed E-state index contributed by atoms with van der Waals surface area (Å²) in [6.07, 6.45) is 0.799. The van der Waals surface area contributed by atoms with Crippen molar-refractivity contribution in [2.45, 2.75) is 13.0 Å². The number of ether oxygens (including phenoxy) is 1. The molecule has 0 N–H and O–H groups in total. The largest absolute Gasteiger partial charge is 0.486 e. The Morgan fingerprint density at radius 1 is 1.07 bits per heavy atom. The molecule has 1 aliphatic rings. The second-order valence-corrected chi connectivity index (χ2v) is 7.22. The van der Waals surface area contributed by atoms with Crippen molar-refractivity contribution < 1.29 is 23.1 Å². The van der Waals surface area contributed by atoms with Crippen LogP contribution in [0, 0.1) is 5.82 Å². The summed E-state index contributed by atoms with van der Waals surface area (Å²) in [5.41, 5.74) is 0. The van der Waals surface area contributed by atoms with Crippen molar-refractivity contribution in [2.24, 2.45) is 0 Å². The Bertz CT molecular complexity index is 835. The lowest BCUT2D eigenvalue weighted by molar-refractivity contribution is -0.129. The van der Waals surface area contributed by atoms with E-state index in [0.717, 1.165) is 13.0 Å². The summed E-state index contributed by atoms with van der Waals surface area (Å²) in [5, 5.41) is 0. The van der Waals surface area contributed by atoms with Crippen molar-refractivity contribution in [2.75, 3.05) is 46.8 Å². The summed E-state index contributed by atoms with van der Waals surface area (Å²) in [5.74, 6) is 0.868. The Labute approximate surface area is 169 Å². The second-order valence-electron chi connectivity index (χ2n) is 7.22. The van der Waals surface area contributed by atoms with E-state index in [-0.39, 0.29) is 30.0 Å². The van der Waals surface area contributed by atoms with Crippen LogP contribution >= 0.6 is 0 Å². The number of halogens is 1. The van der Waals surface area contributed by atoms with E-state index < -0.39 is 0 Å². The molecule has 156 valence electrons. The lowest BCUT2D eigenvalue weighted by Crippen LogP contribution is -2.39. The zero-order chi connectivity index (χ0) is 20.8. The van der Waals surface area contributed by atoms with Gasteiger partial charge in [-0.05, 0) is 42.8 Å². The lowest BCUT2D eigenvalue weighted by Gasteiger charge is -2.22. The van der Waals surface area contributed by atoms with Crippen LogP contribution in [0.25, 0.3) is 0 Å². The molecule has 29 heavy (non-hydrogen) atoms. The molecule has 0 radical (unpaired) electrons. The molecule has 0 atom stereocenters. The Morgan fingerprint density at radius 2 is 1.83 bits per heavy atom. The number of rotatable bonds is 6. The van der Waals surface area contributed by atoms with E-state index in [4.69, 9.17) is 9.15 Å². The molecule has 1 fully saturated rings. The van der Waals surface area contributed by atoms with Gasteiger partial charge in [0.2, 0.25) is 5.91 Å². The minimum atomic E-state index is -0.328. The monoisotopic (exact) mass is 403 g/mol. The third-order valence-corrected chi connectivity index (χ3v) is 4.80. The standard InChI is InChI=1S/C21H26FN3O4/c1-23(2)20(26)14-24-10-3-11-25(13-12-24)21(27)19-9-8-18(29-19)15-28-17-6-4-16(22)5-7-17/h4-9H,3,10-15H2,1-2H3. The average Bonchev–Trinajstić information content (AvgIpc) is 3.06. The number of hydrogen-bond acceptors (Lipinski definition) is 5. The number of likely N-dealkylation sites (N-methyl/N-ethyl adjacent to an activating group) is 1. The zero-order valence-corrected chi connectivity index (χ0v) is 16.8. The summed E-state index contributed by atoms with van der Waals surface area (Å²) in [4.78, 5) is 30.1. The van der Waals surface area contributed by atoms with E-state index in [0.29, 0.717) is 37.7 Å². The normalized spacial score (nSPS) is 15.1. The fourth-order valence-corrected chi connectivity index (χ4v) is 3.08. The van der Waals surface area contributed by atoms with E-state index in [1.54, 1.807) is 36.0 Å². The van der Waals surface area contributed by atoms with E-state index in [1.165, 1.54) is 24.3 Å². The van der Waals surface area contributed by atoms with Crippen LogP contribution in [0.1, 0.15) is 22.7 Å². The number of hydrogen-bond donors (Lipinski definition) is 0. The van der Waals surface area contributed by atoms with Crippen molar-refractivity contribution in [3.8, 4) is 5.75 Å². The SMILES string of the molecule is CN(C)C(=O)CN1CCCN(C(=O)c2ccc(COc3ccc(F)cc3)o2)CC1. The first kappa shape index (κ1) is 20.9. The summed E-state index contributed by atoms with van der Waals surface area (Å²) in [6.45, 7) is 3.10. The molecule has 1 aromatic carbocycles. The van der Waals surface area contributed by atoms with Gasteiger partial charge in [-0.2, -0.15) is 0 Å². The van der Waals surface area contributed by atoms with Gasteiger partial charge in [-0.25, -0.2) is 4.39 Å². The van der Waals surface area contributed by atoms with Crippen molar-refractivity contribution in [3.63, 3.8) is 0 Å². The quantitative estimate of drug-likeness (QED) is 0.740. The third kappa shape index (κ3) is 5.80. The molecule has 0 saturated carbocycles. The van der Waals surface area contributed by atoms with Crippen LogP contribution in [0.4, 0.5) is 4.39 Å². The number of nitrogens with zero attached hydrogens (tertiary/aromatic N) is 3. The van der Waals surface area contributed by atoms with E-state index in [9.17, 15) is 14.0 Å². The molecule has 1 aromatic heterocycles. The highest BCUT2D eigenvalue weighted by Gasteiger charge is 2.23. The highest BCUT2D eigenvalue weighted by Crippen LogP contribution is 2.17. The summed E-state index contributed by atoms with van der Waals surface area (Å²) in [6, 6.07) is 9.06. The minimum absolute atomic E-state index is 0.0570. The molecule has 0 bridgehead atoms. The summed E-state index contributed by atoms with van der Waals surface area (Å²) >= 11 is 0. The van der Waals surface area contributed by atoms with Gasteiger partial charge in [0.25, 0.3) is 5.91 Å². The van der Waals surface area contributed by atoms with Crippen molar-refractivity contribution in [1.82, 2.24) is 14.7 Å². The Morgan fingerprint density at radius 3 is 2.55 bits per heavy atom. The molecule has 0 spiro atoms. The lowest BCUT2D eigenvalue weighted by atomic mass is 10.3. The molecule has 3 rings (SSSR count). The molecule has 1 aliphatic heterocycles. The average molecular weight is 403 g/mol. The summed E-state index contributed by atoms with van der Waals surface area (Å²) in [7, 11) is 3.48. The van der Waals surface area contributed by atoms with Crippen LogP contribution in [-0.2, 0) is 11.4 Å². The molecular weight excluding hydrogens is 377 g/mol. The van der Waals surface area contributed by atoms with Gasteiger partial charge in [-0.1, -0.05) is 0 Å². The van der Waals surface area contributed by atoms with Gasteiger partial charge in [-0.15, -0.1) is 0 Å². The van der Waals surface area contributed by atoms with Crippen LogP contribution in [-0.4, -0.2) is 73.3 Å². The summed E-state index contributed by atoms with van der Waals surface area (Å²) < 4.78 is 24.1. The Hall–Kier alpha value is -2.87. The first-order chi connectivity index (χ1) is 13.9. The van der Waals surface area contributed by atoms with E-state index in [2.05, 4.69) is 4.90 Å². The number of carbonyl (C=O) groups excluding carboxylic acids is 2. The molecule has 2 heterocycles. The predicted octanol–water partition coefficient (Wildman–Crippen LogP) is 2.23. The molecular formula is C21H26FN3O4. The number of benzene rings is 1. The second kappa shape index (κ2) is 9.56. The van der Waals surface area contributed by atoms with Crippen LogP contribution < -0.4 is 4.74 Å². The highest BCUT2D eigenvalue weighted by atomic mass is 19.1. The third-order valence-electron chi connectivity index (χ3n) is 4.80. The molecule has 1 saturated heterocycles. The Kier molecular flexibility index (Phi) is 6.87. The van der Waals surface area contributed by atoms with Gasteiger partial charge in [-0.3, -0.25) is 14.5 Å². The number of carbonyl (C=O) groups is 2. The molecule has 0 aliphatic carbocycles. The fraction of sp³-hybridized carbons (Fsp3) is 0.429. The maximum atomic E-state index is 12.9. The van der Waals surface area contributed by atoms with Crippen molar-refractivity contribution >= 4 is 11.8 Å². The van der Waals surface area contributed by atoms with E-state index >= 15 is 0 Å². The van der Waals surface area contributed by atoms with Crippen molar-refractivity contribution in [3.05, 3.63) is 53.7 Å². The maximum Gasteiger partial charge on any atom is 0.289 e. The topological polar surface area (TPSA) is 66.2 Å².